The predicted molar refractivity (Wildman–Crippen MR) is 81.2 cm³/mol. The van der Waals surface area contributed by atoms with Crippen LogP contribution in [-0.4, -0.2) is 13.3 Å². The molecule has 0 amide bonds. The third kappa shape index (κ3) is 2.35. The van der Waals surface area contributed by atoms with E-state index in [-0.39, 0.29) is 0 Å². The summed E-state index contributed by atoms with van der Waals surface area (Å²) in [5, 5.41) is 3.90. The van der Waals surface area contributed by atoms with Crippen molar-refractivity contribution in [3.8, 4) is 0 Å². The fourth-order valence-electron chi connectivity index (χ4n) is 2.76. The standard InChI is InChI=1S/C17H21NO/c1-11-12(2)14(4)17(13(11)3)16-9-7-6-8-15(16)10-18-19-5/h6-10,13H,1-5H3. The molecule has 0 fully saturated rings. The van der Waals surface area contributed by atoms with Crippen LogP contribution in [0, 0.1) is 5.92 Å². The van der Waals surface area contributed by atoms with Gasteiger partial charge in [-0.15, -0.1) is 0 Å². The molecular formula is C17H21NO. The Morgan fingerprint density at radius 3 is 2.37 bits per heavy atom. The van der Waals surface area contributed by atoms with E-state index in [1.54, 1.807) is 13.3 Å². The van der Waals surface area contributed by atoms with Crippen molar-refractivity contribution in [1.82, 2.24) is 0 Å². The van der Waals surface area contributed by atoms with Crippen LogP contribution in [0.1, 0.15) is 38.8 Å². The largest absolute Gasteiger partial charge is 0.399 e. The molecule has 1 aromatic rings. The summed E-state index contributed by atoms with van der Waals surface area (Å²) < 4.78 is 0. The summed E-state index contributed by atoms with van der Waals surface area (Å²) in [4.78, 5) is 4.80. The molecule has 1 aromatic carbocycles. The Balaban J connectivity index is 2.53. The van der Waals surface area contributed by atoms with Crippen molar-refractivity contribution in [3.05, 3.63) is 52.1 Å². The fourth-order valence-corrected chi connectivity index (χ4v) is 2.76. The molecule has 1 unspecified atom stereocenters. The van der Waals surface area contributed by atoms with Crippen molar-refractivity contribution in [2.24, 2.45) is 11.1 Å². The molecule has 0 spiro atoms. The molecule has 2 heteroatoms. The fraction of sp³-hybridized carbons (Fsp3) is 0.353. The van der Waals surface area contributed by atoms with E-state index in [1.165, 1.54) is 27.9 Å². The first kappa shape index (κ1) is 13.6. The summed E-state index contributed by atoms with van der Waals surface area (Å²) >= 11 is 0. The zero-order valence-electron chi connectivity index (χ0n) is 12.3. The second-order valence-electron chi connectivity index (χ2n) is 5.07. The van der Waals surface area contributed by atoms with Crippen molar-refractivity contribution in [1.29, 1.82) is 0 Å². The van der Waals surface area contributed by atoms with Crippen molar-refractivity contribution < 1.29 is 4.84 Å². The van der Waals surface area contributed by atoms with Crippen LogP contribution in [0.4, 0.5) is 0 Å². The highest BCUT2D eigenvalue weighted by Gasteiger charge is 2.25. The second kappa shape index (κ2) is 5.43. The van der Waals surface area contributed by atoms with E-state index in [2.05, 4.69) is 51.0 Å². The van der Waals surface area contributed by atoms with E-state index in [4.69, 9.17) is 4.84 Å². The maximum atomic E-state index is 4.80. The van der Waals surface area contributed by atoms with Crippen molar-refractivity contribution in [2.75, 3.05) is 7.11 Å². The van der Waals surface area contributed by atoms with E-state index < -0.39 is 0 Å². The number of allylic oxidation sites excluding steroid dienone is 4. The zero-order valence-corrected chi connectivity index (χ0v) is 12.3. The van der Waals surface area contributed by atoms with Gasteiger partial charge in [0.1, 0.15) is 7.11 Å². The number of hydrogen-bond acceptors (Lipinski definition) is 2. The maximum absolute atomic E-state index is 4.80. The van der Waals surface area contributed by atoms with Gasteiger partial charge in [-0.25, -0.2) is 0 Å². The first-order chi connectivity index (χ1) is 9.07. The Kier molecular flexibility index (Phi) is 3.89. The van der Waals surface area contributed by atoms with Gasteiger partial charge in [0, 0.05) is 11.5 Å². The monoisotopic (exact) mass is 255 g/mol. The summed E-state index contributed by atoms with van der Waals surface area (Å²) in [6.07, 6.45) is 1.78. The molecule has 0 saturated carbocycles. The molecule has 2 nitrogen and oxygen atoms in total. The number of oxime groups is 1. The van der Waals surface area contributed by atoms with Gasteiger partial charge in [-0.05, 0) is 43.1 Å². The Bertz CT molecular complexity index is 579. The molecule has 0 saturated heterocycles. The molecule has 0 aliphatic heterocycles. The van der Waals surface area contributed by atoms with Gasteiger partial charge >= 0.3 is 0 Å². The summed E-state index contributed by atoms with van der Waals surface area (Å²) in [5.41, 5.74) is 8.04. The summed E-state index contributed by atoms with van der Waals surface area (Å²) in [5.74, 6) is 0.470. The van der Waals surface area contributed by atoms with E-state index >= 15 is 0 Å². The SMILES string of the molecule is CON=Cc1ccccc1C1=C(C)C(C)=C(C)C1C. The molecular weight excluding hydrogens is 234 g/mol. The lowest BCUT2D eigenvalue weighted by atomic mass is 9.89. The van der Waals surface area contributed by atoms with Crippen LogP contribution >= 0.6 is 0 Å². The van der Waals surface area contributed by atoms with E-state index in [1.807, 2.05) is 6.07 Å². The average molecular weight is 255 g/mol. The van der Waals surface area contributed by atoms with Crippen molar-refractivity contribution in [2.45, 2.75) is 27.7 Å². The van der Waals surface area contributed by atoms with Crippen molar-refractivity contribution in [3.63, 3.8) is 0 Å². The minimum Gasteiger partial charge on any atom is -0.399 e. The molecule has 2 rings (SSSR count). The molecule has 0 heterocycles. The quantitative estimate of drug-likeness (QED) is 0.578. The van der Waals surface area contributed by atoms with E-state index in [0.29, 0.717) is 5.92 Å². The highest BCUT2D eigenvalue weighted by molar-refractivity contribution is 5.91. The lowest BCUT2D eigenvalue weighted by molar-refractivity contribution is 0.215. The maximum Gasteiger partial charge on any atom is 0.106 e. The second-order valence-corrected chi connectivity index (χ2v) is 5.07. The summed E-state index contributed by atoms with van der Waals surface area (Å²) in [7, 11) is 1.57. The van der Waals surface area contributed by atoms with Gasteiger partial charge in [-0.3, -0.25) is 0 Å². The number of hydrogen-bond donors (Lipinski definition) is 0. The number of rotatable bonds is 3. The molecule has 0 N–H and O–H groups in total. The minimum atomic E-state index is 0.470. The summed E-state index contributed by atoms with van der Waals surface area (Å²) in [6.45, 7) is 8.92. The Labute approximate surface area is 115 Å². The molecule has 0 bridgehead atoms. The first-order valence-electron chi connectivity index (χ1n) is 6.62. The number of benzene rings is 1. The summed E-state index contributed by atoms with van der Waals surface area (Å²) in [6, 6.07) is 8.35. The van der Waals surface area contributed by atoms with Gasteiger partial charge in [0.25, 0.3) is 0 Å². The van der Waals surface area contributed by atoms with Crippen LogP contribution in [0.15, 0.2) is 46.1 Å². The van der Waals surface area contributed by atoms with E-state index in [0.717, 1.165) is 5.56 Å². The van der Waals surface area contributed by atoms with Gasteiger partial charge in [0.2, 0.25) is 0 Å². The van der Waals surface area contributed by atoms with Crippen LogP contribution in [0.25, 0.3) is 5.57 Å². The highest BCUT2D eigenvalue weighted by atomic mass is 16.6. The molecule has 100 valence electrons. The van der Waals surface area contributed by atoms with Gasteiger partial charge in [0.05, 0.1) is 6.21 Å². The molecule has 1 atom stereocenters. The topological polar surface area (TPSA) is 21.6 Å². The van der Waals surface area contributed by atoms with Gasteiger partial charge in [-0.1, -0.05) is 41.9 Å². The van der Waals surface area contributed by atoms with E-state index in [9.17, 15) is 0 Å². The first-order valence-corrected chi connectivity index (χ1v) is 6.62. The van der Waals surface area contributed by atoms with Crippen LogP contribution in [0.3, 0.4) is 0 Å². The minimum absolute atomic E-state index is 0.470. The third-order valence-electron chi connectivity index (χ3n) is 4.19. The van der Waals surface area contributed by atoms with Crippen LogP contribution < -0.4 is 0 Å². The predicted octanol–water partition coefficient (Wildman–Crippen LogP) is 4.43. The van der Waals surface area contributed by atoms with Crippen LogP contribution in [-0.2, 0) is 4.84 Å². The Morgan fingerprint density at radius 1 is 1.11 bits per heavy atom. The van der Waals surface area contributed by atoms with Crippen LogP contribution in [0.5, 0.6) is 0 Å². The molecule has 1 aliphatic rings. The molecule has 0 aromatic heterocycles. The normalized spacial score (nSPS) is 19.7. The van der Waals surface area contributed by atoms with Gasteiger partial charge < -0.3 is 4.84 Å². The smallest absolute Gasteiger partial charge is 0.106 e. The van der Waals surface area contributed by atoms with Crippen LogP contribution in [0.2, 0.25) is 0 Å². The number of nitrogens with zero attached hydrogens (tertiary/aromatic N) is 1. The lowest BCUT2D eigenvalue weighted by Crippen LogP contribution is -2.00. The molecule has 19 heavy (non-hydrogen) atoms. The Hall–Kier alpha value is -1.83. The average Bonchev–Trinajstić information content (AvgIpc) is 2.61. The van der Waals surface area contributed by atoms with Gasteiger partial charge in [-0.2, -0.15) is 0 Å². The third-order valence-corrected chi connectivity index (χ3v) is 4.19. The lowest BCUT2D eigenvalue weighted by Gasteiger charge is -2.15. The zero-order chi connectivity index (χ0) is 14.0. The van der Waals surface area contributed by atoms with Gasteiger partial charge in [0.15, 0.2) is 0 Å². The Morgan fingerprint density at radius 2 is 1.79 bits per heavy atom. The van der Waals surface area contributed by atoms with Crippen molar-refractivity contribution >= 4 is 11.8 Å². The molecule has 1 aliphatic carbocycles. The molecule has 0 radical (unpaired) electrons. The highest BCUT2D eigenvalue weighted by Crippen LogP contribution is 2.42.